The number of rotatable bonds is 3. The largest absolute Gasteiger partial charge is 0.416 e. The summed E-state index contributed by atoms with van der Waals surface area (Å²) < 4.78 is 50.6. The third-order valence-corrected chi connectivity index (χ3v) is 1.91. The van der Waals surface area contributed by atoms with E-state index in [2.05, 4.69) is 4.98 Å². The van der Waals surface area contributed by atoms with Gasteiger partial charge in [0.1, 0.15) is 6.17 Å². The predicted octanol–water partition coefficient (Wildman–Crippen LogP) is 2.46. The molecule has 1 unspecified atom stereocenters. The molecule has 2 nitrogen and oxygen atoms in total. The van der Waals surface area contributed by atoms with Gasteiger partial charge in [-0.15, -0.1) is 0 Å². The third-order valence-electron chi connectivity index (χ3n) is 1.91. The molecule has 0 saturated carbocycles. The molecule has 1 rings (SSSR count). The number of nitrogens with zero attached hydrogens (tertiary/aromatic N) is 1. The number of pyridine rings is 1. The Hall–Kier alpha value is -1.17. The Morgan fingerprint density at radius 2 is 2.07 bits per heavy atom. The van der Waals surface area contributed by atoms with Gasteiger partial charge in [0.15, 0.2) is 0 Å². The Morgan fingerprint density at radius 1 is 1.40 bits per heavy atom. The zero-order valence-corrected chi connectivity index (χ0v) is 7.76. The molecule has 1 atom stereocenters. The summed E-state index contributed by atoms with van der Waals surface area (Å²) in [5.41, 5.74) is 3.65. The Balaban J connectivity index is 3.06. The van der Waals surface area contributed by atoms with Crippen molar-refractivity contribution >= 4 is 0 Å². The predicted molar refractivity (Wildman–Crippen MR) is 46.8 cm³/mol. The number of alkyl halides is 4. The van der Waals surface area contributed by atoms with E-state index in [1.807, 2.05) is 0 Å². The van der Waals surface area contributed by atoms with Gasteiger partial charge < -0.3 is 5.73 Å². The Morgan fingerprint density at radius 3 is 2.60 bits per heavy atom. The third kappa shape index (κ3) is 2.89. The summed E-state index contributed by atoms with van der Waals surface area (Å²) in [7, 11) is 0. The number of aromatic nitrogens is 1. The van der Waals surface area contributed by atoms with Crippen LogP contribution in [0.2, 0.25) is 0 Å². The van der Waals surface area contributed by atoms with Crippen LogP contribution in [-0.4, -0.2) is 11.5 Å². The highest BCUT2D eigenvalue weighted by Crippen LogP contribution is 2.35. The van der Waals surface area contributed by atoms with Crippen molar-refractivity contribution in [2.75, 3.05) is 6.54 Å². The molecular formula is C9H10F4N2. The molecule has 6 heteroatoms. The summed E-state index contributed by atoms with van der Waals surface area (Å²) in [6, 6.07) is 0.762. The van der Waals surface area contributed by atoms with E-state index < -0.39 is 23.5 Å². The highest BCUT2D eigenvalue weighted by molar-refractivity contribution is 5.28. The molecule has 0 spiro atoms. The van der Waals surface area contributed by atoms with E-state index in [4.69, 9.17) is 5.73 Å². The lowest BCUT2D eigenvalue weighted by molar-refractivity contribution is -0.138. The number of hydrogen-bond acceptors (Lipinski definition) is 2. The fraction of sp³-hybridized carbons (Fsp3) is 0.444. The first-order valence-corrected chi connectivity index (χ1v) is 4.32. The van der Waals surface area contributed by atoms with E-state index in [1.165, 1.54) is 0 Å². The zero-order valence-electron chi connectivity index (χ0n) is 7.76. The van der Waals surface area contributed by atoms with Crippen LogP contribution in [-0.2, 0) is 6.18 Å². The maximum Gasteiger partial charge on any atom is 0.416 e. The molecule has 0 amide bonds. The van der Waals surface area contributed by atoms with Crippen molar-refractivity contribution in [1.29, 1.82) is 0 Å². The lowest BCUT2D eigenvalue weighted by Gasteiger charge is -2.14. The second-order valence-corrected chi connectivity index (χ2v) is 3.01. The van der Waals surface area contributed by atoms with Crippen molar-refractivity contribution in [3.8, 4) is 0 Å². The van der Waals surface area contributed by atoms with E-state index >= 15 is 0 Å². The van der Waals surface area contributed by atoms with Crippen molar-refractivity contribution < 1.29 is 17.6 Å². The first-order valence-electron chi connectivity index (χ1n) is 4.32. The minimum absolute atomic E-state index is 0.00659. The van der Waals surface area contributed by atoms with Gasteiger partial charge in [0.05, 0.1) is 5.56 Å². The van der Waals surface area contributed by atoms with Crippen LogP contribution in [0.25, 0.3) is 0 Å². The molecule has 0 saturated heterocycles. The lowest BCUT2D eigenvalue weighted by Crippen LogP contribution is -2.12. The van der Waals surface area contributed by atoms with Gasteiger partial charge >= 0.3 is 6.18 Å². The van der Waals surface area contributed by atoms with Gasteiger partial charge in [-0.05, 0) is 19.0 Å². The van der Waals surface area contributed by atoms with Gasteiger partial charge in [0.2, 0.25) is 0 Å². The van der Waals surface area contributed by atoms with Crippen molar-refractivity contribution in [2.45, 2.75) is 18.8 Å². The molecule has 1 aromatic heterocycles. The van der Waals surface area contributed by atoms with Crippen LogP contribution < -0.4 is 5.73 Å². The smallest absolute Gasteiger partial charge is 0.330 e. The molecule has 15 heavy (non-hydrogen) atoms. The summed E-state index contributed by atoms with van der Waals surface area (Å²) in [4.78, 5) is 3.48. The molecule has 0 aliphatic carbocycles. The molecule has 0 aromatic carbocycles. The van der Waals surface area contributed by atoms with Gasteiger partial charge in [0, 0.05) is 18.0 Å². The summed E-state index contributed by atoms with van der Waals surface area (Å²) in [5.74, 6) is 0. The zero-order chi connectivity index (χ0) is 11.5. The minimum Gasteiger partial charge on any atom is -0.330 e. The molecule has 1 heterocycles. The lowest BCUT2D eigenvalue weighted by atomic mass is 10.0. The van der Waals surface area contributed by atoms with Gasteiger partial charge in [-0.1, -0.05) is 0 Å². The van der Waals surface area contributed by atoms with Crippen LogP contribution in [0.3, 0.4) is 0 Å². The molecule has 0 bridgehead atoms. The van der Waals surface area contributed by atoms with Crippen LogP contribution in [0.4, 0.5) is 17.6 Å². The first kappa shape index (κ1) is 11.9. The van der Waals surface area contributed by atoms with Gasteiger partial charge in [-0.2, -0.15) is 13.2 Å². The van der Waals surface area contributed by atoms with Gasteiger partial charge in [0.25, 0.3) is 0 Å². The van der Waals surface area contributed by atoms with Crippen LogP contribution in [0.5, 0.6) is 0 Å². The Bertz CT molecular complexity index is 324. The molecule has 1 aromatic rings. The normalized spacial score (nSPS) is 13.9. The molecule has 0 radical (unpaired) electrons. The monoisotopic (exact) mass is 222 g/mol. The number of halogens is 4. The van der Waals surface area contributed by atoms with Crippen LogP contribution in [0.1, 0.15) is 23.7 Å². The van der Waals surface area contributed by atoms with Crippen LogP contribution >= 0.6 is 0 Å². The topological polar surface area (TPSA) is 38.9 Å². The molecule has 84 valence electrons. The summed E-state index contributed by atoms with van der Waals surface area (Å²) in [6.07, 6.45) is -4.54. The Labute approximate surface area is 84.1 Å². The van der Waals surface area contributed by atoms with Crippen molar-refractivity contribution in [3.63, 3.8) is 0 Å². The molecule has 0 aliphatic heterocycles. The second-order valence-electron chi connectivity index (χ2n) is 3.01. The summed E-state index contributed by atoms with van der Waals surface area (Å²) >= 11 is 0. The average molecular weight is 222 g/mol. The quantitative estimate of drug-likeness (QED) is 0.798. The van der Waals surface area contributed by atoms with Gasteiger partial charge in [-0.3, -0.25) is 4.98 Å². The van der Waals surface area contributed by atoms with Crippen LogP contribution in [0, 0.1) is 0 Å². The SMILES string of the molecule is NCCC(F)c1cnccc1C(F)(F)F. The van der Waals surface area contributed by atoms with E-state index in [0.29, 0.717) is 0 Å². The number of nitrogens with two attached hydrogens (primary N) is 1. The highest BCUT2D eigenvalue weighted by atomic mass is 19.4. The van der Waals surface area contributed by atoms with Crippen molar-refractivity contribution in [1.82, 2.24) is 4.98 Å². The molecule has 0 fully saturated rings. The first-order chi connectivity index (χ1) is 6.96. The van der Waals surface area contributed by atoms with E-state index in [-0.39, 0.29) is 13.0 Å². The average Bonchev–Trinajstić information content (AvgIpc) is 2.17. The minimum atomic E-state index is -4.56. The van der Waals surface area contributed by atoms with E-state index in [0.717, 1.165) is 18.5 Å². The van der Waals surface area contributed by atoms with E-state index in [9.17, 15) is 17.6 Å². The van der Waals surface area contributed by atoms with Crippen molar-refractivity contribution in [2.24, 2.45) is 5.73 Å². The standard InChI is InChI=1S/C9H10F4N2/c10-8(1-3-14)6-5-15-4-2-7(6)9(11,12)13/h2,4-5,8H,1,3,14H2. The number of hydrogen-bond donors (Lipinski definition) is 1. The fourth-order valence-corrected chi connectivity index (χ4v) is 1.22. The summed E-state index contributed by atoms with van der Waals surface area (Å²) in [5, 5.41) is 0. The maximum absolute atomic E-state index is 13.3. The highest BCUT2D eigenvalue weighted by Gasteiger charge is 2.35. The van der Waals surface area contributed by atoms with Crippen molar-refractivity contribution in [3.05, 3.63) is 29.6 Å². The maximum atomic E-state index is 13.3. The second kappa shape index (κ2) is 4.57. The molecule has 0 aliphatic rings. The molecule has 2 N–H and O–H groups in total. The van der Waals surface area contributed by atoms with Gasteiger partial charge in [-0.25, -0.2) is 4.39 Å². The summed E-state index contributed by atoms with van der Waals surface area (Å²) in [6.45, 7) is -0.00659. The fourth-order valence-electron chi connectivity index (χ4n) is 1.22. The van der Waals surface area contributed by atoms with E-state index in [1.54, 1.807) is 0 Å². The molecular weight excluding hydrogens is 212 g/mol. The van der Waals surface area contributed by atoms with Crippen LogP contribution in [0.15, 0.2) is 18.5 Å². The Kier molecular flexibility index (Phi) is 3.62.